The number of anilines is 1. The summed E-state index contributed by atoms with van der Waals surface area (Å²) in [6.07, 6.45) is 0. The van der Waals surface area contributed by atoms with Gasteiger partial charge in [0.05, 0.1) is 7.11 Å². The molecule has 2 nitrogen and oxygen atoms in total. The van der Waals surface area contributed by atoms with Crippen LogP contribution in [0.25, 0.3) is 0 Å². The molecule has 0 aliphatic carbocycles. The first kappa shape index (κ1) is 10.1. The number of hydrogen-bond acceptors (Lipinski definition) is 2. The molecule has 0 atom stereocenters. The number of methoxy groups -OCH3 is 1. The van der Waals surface area contributed by atoms with E-state index < -0.39 is 0 Å². The van der Waals surface area contributed by atoms with Gasteiger partial charge in [-0.25, -0.2) is 0 Å². The fraction of sp³-hybridized carbons (Fsp3) is 0.250. The van der Waals surface area contributed by atoms with Crippen LogP contribution in [0.4, 0.5) is 5.69 Å². The molecule has 0 unspecified atom stereocenters. The third-order valence-electron chi connectivity index (χ3n) is 1.36. The van der Waals surface area contributed by atoms with Gasteiger partial charge < -0.3 is 10.1 Å². The standard InChI is InChI=1S/C8H11NO.ClH/c1-9-7-4-3-5-8(6-7)10-2;/h3-6,9H,1-2H3;1H. The highest BCUT2D eigenvalue weighted by Gasteiger charge is 1.89. The van der Waals surface area contributed by atoms with Crippen LogP contribution >= 0.6 is 12.4 Å². The zero-order valence-electron chi connectivity index (χ0n) is 6.63. The normalized spacial score (nSPS) is 8.18. The number of rotatable bonds is 2. The Bertz CT molecular complexity index is 196. The predicted octanol–water partition coefficient (Wildman–Crippen LogP) is 2.16. The summed E-state index contributed by atoms with van der Waals surface area (Å²) in [4.78, 5) is 0. The van der Waals surface area contributed by atoms with Crippen LogP contribution in [0.3, 0.4) is 0 Å². The fourth-order valence-corrected chi connectivity index (χ4v) is 0.779. The summed E-state index contributed by atoms with van der Waals surface area (Å²) >= 11 is 0. The van der Waals surface area contributed by atoms with E-state index in [1.54, 1.807) is 7.11 Å². The van der Waals surface area contributed by atoms with Gasteiger partial charge in [-0.2, -0.15) is 0 Å². The summed E-state index contributed by atoms with van der Waals surface area (Å²) < 4.78 is 5.02. The molecule has 3 heteroatoms. The van der Waals surface area contributed by atoms with Gasteiger partial charge >= 0.3 is 0 Å². The Balaban J connectivity index is 0.000001000. The van der Waals surface area contributed by atoms with E-state index in [-0.39, 0.29) is 12.4 Å². The Labute approximate surface area is 73.0 Å². The van der Waals surface area contributed by atoms with E-state index in [4.69, 9.17) is 4.74 Å². The van der Waals surface area contributed by atoms with Gasteiger partial charge in [-0.05, 0) is 12.1 Å². The van der Waals surface area contributed by atoms with Gasteiger partial charge in [0.15, 0.2) is 0 Å². The van der Waals surface area contributed by atoms with Gasteiger partial charge in [0, 0.05) is 18.8 Å². The zero-order chi connectivity index (χ0) is 7.40. The molecular formula is C8H12ClNO. The molecule has 1 rings (SSSR count). The van der Waals surface area contributed by atoms with Crippen molar-refractivity contribution in [2.75, 3.05) is 19.5 Å². The number of benzene rings is 1. The molecule has 0 bridgehead atoms. The third-order valence-corrected chi connectivity index (χ3v) is 1.36. The van der Waals surface area contributed by atoms with E-state index in [1.165, 1.54) is 0 Å². The molecule has 0 radical (unpaired) electrons. The lowest BCUT2D eigenvalue weighted by Crippen LogP contribution is -1.88. The van der Waals surface area contributed by atoms with Crippen molar-refractivity contribution in [3.63, 3.8) is 0 Å². The van der Waals surface area contributed by atoms with Gasteiger partial charge in [-0.3, -0.25) is 0 Å². The highest BCUT2D eigenvalue weighted by atomic mass is 35.5. The third kappa shape index (κ3) is 2.68. The quantitative estimate of drug-likeness (QED) is 0.740. The molecule has 1 aromatic carbocycles. The van der Waals surface area contributed by atoms with Crippen LogP contribution in [0.1, 0.15) is 0 Å². The largest absolute Gasteiger partial charge is 0.497 e. The van der Waals surface area contributed by atoms with E-state index in [0.717, 1.165) is 11.4 Å². The van der Waals surface area contributed by atoms with Crippen molar-refractivity contribution in [2.24, 2.45) is 0 Å². The molecule has 1 N–H and O–H groups in total. The number of halogens is 1. The fourth-order valence-electron chi connectivity index (χ4n) is 0.779. The van der Waals surface area contributed by atoms with Crippen LogP contribution in [0.5, 0.6) is 5.75 Å². The van der Waals surface area contributed by atoms with Crippen molar-refractivity contribution in [3.8, 4) is 5.75 Å². The first-order valence-electron chi connectivity index (χ1n) is 3.18. The second kappa shape index (κ2) is 4.85. The Kier molecular flexibility index (Phi) is 4.46. The SMILES string of the molecule is CNc1cccc(OC)c1.Cl. The molecule has 1 aromatic rings. The van der Waals surface area contributed by atoms with E-state index in [2.05, 4.69) is 5.32 Å². The Morgan fingerprint density at radius 1 is 1.36 bits per heavy atom. The van der Waals surface area contributed by atoms with E-state index in [0.29, 0.717) is 0 Å². The minimum atomic E-state index is 0. The smallest absolute Gasteiger partial charge is 0.120 e. The van der Waals surface area contributed by atoms with Crippen molar-refractivity contribution < 1.29 is 4.74 Å². The number of hydrogen-bond donors (Lipinski definition) is 1. The predicted molar refractivity (Wildman–Crippen MR) is 49.8 cm³/mol. The minimum absolute atomic E-state index is 0. The molecule has 0 aromatic heterocycles. The summed E-state index contributed by atoms with van der Waals surface area (Å²) in [6.45, 7) is 0. The van der Waals surface area contributed by atoms with E-state index in [1.807, 2.05) is 31.3 Å². The highest BCUT2D eigenvalue weighted by molar-refractivity contribution is 5.85. The summed E-state index contributed by atoms with van der Waals surface area (Å²) in [5.41, 5.74) is 1.07. The second-order valence-corrected chi connectivity index (χ2v) is 1.98. The summed E-state index contributed by atoms with van der Waals surface area (Å²) in [5, 5.41) is 3.02. The van der Waals surface area contributed by atoms with Crippen LogP contribution in [-0.4, -0.2) is 14.2 Å². The molecule has 0 saturated carbocycles. The van der Waals surface area contributed by atoms with Crippen molar-refractivity contribution in [3.05, 3.63) is 24.3 Å². The van der Waals surface area contributed by atoms with Crippen molar-refractivity contribution >= 4 is 18.1 Å². The molecule has 0 aliphatic rings. The number of nitrogens with one attached hydrogen (secondary N) is 1. The first-order valence-corrected chi connectivity index (χ1v) is 3.18. The molecular weight excluding hydrogens is 162 g/mol. The van der Waals surface area contributed by atoms with Crippen molar-refractivity contribution in [1.29, 1.82) is 0 Å². The van der Waals surface area contributed by atoms with Gasteiger partial charge in [-0.15, -0.1) is 12.4 Å². The molecule has 0 aliphatic heterocycles. The maximum atomic E-state index is 5.02. The van der Waals surface area contributed by atoms with Gasteiger partial charge in [0.2, 0.25) is 0 Å². The van der Waals surface area contributed by atoms with Crippen molar-refractivity contribution in [2.45, 2.75) is 0 Å². The lowest BCUT2D eigenvalue weighted by atomic mass is 10.3. The maximum Gasteiger partial charge on any atom is 0.120 e. The summed E-state index contributed by atoms with van der Waals surface area (Å²) in [5.74, 6) is 0.881. The maximum absolute atomic E-state index is 5.02. The average Bonchev–Trinajstić information content (AvgIpc) is 2.05. The van der Waals surface area contributed by atoms with Gasteiger partial charge in [0.1, 0.15) is 5.75 Å². The second-order valence-electron chi connectivity index (χ2n) is 1.98. The molecule has 0 heterocycles. The highest BCUT2D eigenvalue weighted by Crippen LogP contribution is 2.15. The van der Waals surface area contributed by atoms with Crippen molar-refractivity contribution in [1.82, 2.24) is 0 Å². The zero-order valence-corrected chi connectivity index (χ0v) is 7.44. The Morgan fingerprint density at radius 2 is 2.09 bits per heavy atom. The molecule has 0 fully saturated rings. The lowest BCUT2D eigenvalue weighted by Gasteiger charge is -2.01. The van der Waals surface area contributed by atoms with Crippen LogP contribution in [0.2, 0.25) is 0 Å². The molecule has 0 spiro atoms. The molecule has 0 saturated heterocycles. The Morgan fingerprint density at radius 3 is 2.64 bits per heavy atom. The lowest BCUT2D eigenvalue weighted by molar-refractivity contribution is 0.415. The monoisotopic (exact) mass is 173 g/mol. The first-order chi connectivity index (χ1) is 4.86. The average molecular weight is 174 g/mol. The summed E-state index contributed by atoms with van der Waals surface area (Å²) in [7, 11) is 3.55. The topological polar surface area (TPSA) is 21.3 Å². The van der Waals surface area contributed by atoms with Crippen LogP contribution in [0.15, 0.2) is 24.3 Å². The van der Waals surface area contributed by atoms with Crippen LogP contribution in [-0.2, 0) is 0 Å². The van der Waals surface area contributed by atoms with Crippen LogP contribution in [0, 0.1) is 0 Å². The Hall–Kier alpha value is -0.890. The van der Waals surface area contributed by atoms with Gasteiger partial charge in [-0.1, -0.05) is 6.07 Å². The summed E-state index contributed by atoms with van der Waals surface area (Å²) in [6, 6.07) is 7.80. The van der Waals surface area contributed by atoms with Crippen LogP contribution < -0.4 is 10.1 Å². The van der Waals surface area contributed by atoms with E-state index >= 15 is 0 Å². The molecule has 62 valence electrons. The molecule has 0 amide bonds. The number of ether oxygens (including phenoxy) is 1. The molecule has 11 heavy (non-hydrogen) atoms. The van der Waals surface area contributed by atoms with Gasteiger partial charge in [0.25, 0.3) is 0 Å². The van der Waals surface area contributed by atoms with E-state index in [9.17, 15) is 0 Å². The minimum Gasteiger partial charge on any atom is -0.497 e.